The molecule has 102 valence electrons. The van der Waals surface area contributed by atoms with Gasteiger partial charge in [-0.2, -0.15) is 0 Å². The molecule has 2 N–H and O–H groups in total. The van der Waals surface area contributed by atoms with E-state index in [9.17, 15) is 4.79 Å². The van der Waals surface area contributed by atoms with E-state index in [1.807, 2.05) is 32.8 Å². The molecule has 0 saturated heterocycles. The van der Waals surface area contributed by atoms with Gasteiger partial charge in [-0.25, -0.2) is 0 Å². The van der Waals surface area contributed by atoms with Crippen molar-refractivity contribution < 1.29 is 9.53 Å². The number of carbonyl (C=O) groups is 1. The molecule has 0 aliphatic rings. The van der Waals surface area contributed by atoms with Gasteiger partial charge in [-0.15, -0.1) is 11.3 Å². The van der Waals surface area contributed by atoms with E-state index >= 15 is 0 Å². The smallest absolute Gasteiger partial charge is 0.265 e. The molecule has 0 bridgehead atoms. The van der Waals surface area contributed by atoms with E-state index in [1.54, 1.807) is 14.1 Å². The van der Waals surface area contributed by atoms with Gasteiger partial charge in [0.15, 0.2) is 5.75 Å². The average molecular weight is 271 g/mol. The molecule has 0 aromatic carbocycles. The van der Waals surface area contributed by atoms with Gasteiger partial charge in [-0.3, -0.25) is 4.79 Å². The molecule has 0 atom stereocenters. The lowest BCUT2D eigenvalue weighted by molar-refractivity contribution is 0.0833. The van der Waals surface area contributed by atoms with Crippen LogP contribution in [-0.4, -0.2) is 45.1 Å². The van der Waals surface area contributed by atoms with Gasteiger partial charge in [0.2, 0.25) is 0 Å². The van der Waals surface area contributed by atoms with Crippen LogP contribution in [0.3, 0.4) is 0 Å². The fourth-order valence-electron chi connectivity index (χ4n) is 1.42. The maximum absolute atomic E-state index is 12.0. The summed E-state index contributed by atoms with van der Waals surface area (Å²) in [7, 11) is 7.23. The van der Waals surface area contributed by atoms with Gasteiger partial charge in [0.1, 0.15) is 15.6 Å². The Morgan fingerprint density at radius 3 is 2.22 bits per heavy atom. The van der Waals surface area contributed by atoms with Crippen LogP contribution < -0.4 is 15.4 Å². The van der Waals surface area contributed by atoms with Gasteiger partial charge < -0.3 is 20.3 Å². The van der Waals surface area contributed by atoms with Crippen LogP contribution in [0.1, 0.15) is 23.5 Å². The highest BCUT2D eigenvalue weighted by Crippen LogP contribution is 2.44. The number of anilines is 2. The zero-order valence-corrected chi connectivity index (χ0v) is 12.6. The molecular weight excluding hydrogens is 250 g/mol. The third-order valence-corrected chi connectivity index (χ3v) is 3.58. The van der Waals surface area contributed by atoms with Crippen molar-refractivity contribution in [2.75, 3.05) is 38.8 Å². The summed E-state index contributed by atoms with van der Waals surface area (Å²) >= 11 is 1.36. The first-order valence-corrected chi connectivity index (χ1v) is 6.55. The number of amides is 1. The molecular formula is C12H21N3O2S. The molecule has 1 rings (SSSR count). The van der Waals surface area contributed by atoms with Crippen LogP contribution in [0.4, 0.5) is 10.7 Å². The Bertz CT molecular complexity index is 439. The van der Waals surface area contributed by atoms with Crippen molar-refractivity contribution in [1.82, 2.24) is 4.90 Å². The van der Waals surface area contributed by atoms with Crippen molar-refractivity contribution >= 4 is 27.9 Å². The van der Waals surface area contributed by atoms with Crippen LogP contribution in [0, 0.1) is 0 Å². The topological polar surface area (TPSA) is 58.8 Å². The molecule has 0 fully saturated rings. The summed E-state index contributed by atoms with van der Waals surface area (Å²) in [6.07, 6.45) is 0.0166. The Kier molecular flexibility index (Phi) is 4.45. The zero-order valence-electron chi connectivity index (χ0n) is 11.8. The number of rotatable bonds is 4. The lowest BCUT2D eigenvalue weighted by Crippen LogP contribution is -2.21. The highest BCUT2D eigenvalue weighted by atomic mass is 32.1. The first-order chi connectivity index (χ1) is 8.25. The fourth-order valence-corrected chi connectivity index (χ4v) is 2.52. The summed E-state index contributed by atoms with van der Waals surface area (Å²) < 4.78 is 5.72. The fraction of sp³-hybridized carbons (Fsp3) is 0.583. The van der Waals surface area contributed by atoms with Crippen LogP contribution in [0.2, 0.25) is 0 Å². The Labute approximate surface area is 112 Å². The van der Waals surface area contributed by atoms with Gasteiger partial charge in [-0.1, -0.05) is 0 Å². The Balaban J connectivity index is 3.27. The molecule has 5 nitrogen and oxygen atoms in total. The lowest BCUT2D eigenvalue weighted by Gasteiger charge is -2.15. The molecule has 1 heterocycles. The minimum absolute atomic E-state index is 0.0166. The lowest BCUT2D eigenvalue weighted by atomic mass is 10.3. The summed E-state index contributed by atoms with van der Waals surface area (Å²) in [6.45, 7) is 3.87. The Hall–Kier alpha value is -1.43. The summed E-state index contributed by atoms with van der Waals surface area (Å²) in [5.74, 6) is 0.504. The normalized spacial score (nSPS) is 10.6. The number of hydrogen-bond acceptors (Lipinski definition) is 5. The zero-order chi connectivity index (χ0) is 14.0. The third-order valence-electron chi connectivity index (χ3n) is 2.24. The van der Waals surface area contributed by atoms with E-state index in [0.29, 0.717) is 16.3 Å². The van der Waals surface area contributed by atoms with Gasteiger partial charge in [0.25, 0.3) is 5.91 Å². The summed E-state index contributed by atoms with van der Waals surface area (Å²) in [6, 6.07) is 0. The molecule has 0 aliphatic heterocycles. The van der Waals surface area contributed by atoms with Crippen molar-refractivity contribution in [1.29, 1.82) is 0 Å². The summed E-state index contributed by atoms with van der Waals surface area (Å²) in [4.78, 5) is 16.0. The molecule has 1 aromatic rings. The summed E-state index contributed by atoms with van der Waals surface area (Å²) in [5.41, 5.74) is 6.47. The van der Waals surface area contributed by atoms with E-state index in [0.717, 1.165) is 5.00 Å². The number of hydrogen-bond donors (Lipinski definition) is 1. The van der Waals surface area contributed by atoms with Crippen molar-refractivity contribution in [2.24, 2.45) is 0 Å². The van der Waals surface area contributed by atoms with E-state index in [2.05, 4.69) is 0 Å². The second-order valence-electron chi connectivity index (χ2n) is 4.74. The maximum Gasteiger partial charge on any atom is 0.265 e. The van der Waals surface area contributed by atoms with E-state index < -0.39 is 0 Å². The molecule has 0 aliphatic carbocycles. The van der Waals surface area contributed by atoms with Crippen molar-refractivity contribution in [3.8, 4) is 5.75 Å². The SMILES string of the molecule is CC(C)Oc1c(N(C)C)sc(C(=O)N(C)C)c1N. The van der Waals surface area contributed by atoms with Crippen molar-refractivity contribution in [3.05, 3.63) is 4.88 Å². The van der Waals surface area contributed by atoms with Gasteiger partial charge >= 0.3 is 0 Å². The van der Waals surface area contributed by atoms with Crippen LogP contribution in [-0.2, 0) is 0 Å². The van der Waals surface area contributed by atoms with Crippen molar-refractivity contribution in [3.63, 3.8) is 0 Å². The van der Waals surface area contributed by atoms with Crippen molar-refractivity contribution in [2.45, 2.75) is 20.0 Å². The number of nitrogens with zero attached hydrogens (tertiary/aromatic N) is 2. The Morgan fingerprint density at radius 1 is 1.28 bits per heavy atom. The number of nitrogens with two attached hydrogens (primary N) is 1. The standard InChI is InChI=1S/C12H21N3O2S/c1-7(2)17-9-8(13)10(11(16)14(3)4)18-12(9)15(5)6/h7H,13H2,1-6H3. The molecule has 6 heteroatoms. The number of carbonyl (C=O) groups excluding carboxylic acids is 1. The first-order valence-electron chi connectivity index (χ1n) is 5.73. The van der Waals surface area contributed by atoms with Crippen LogP contribution in [0.15, 0.2) is 0 Å². The molecule has 0 spiro atoms. The molecule has 1 aromatic heterocycles. The average Bonchev–Trinajstić information content (AvgIpc) is 2.55. The Morgan fingerprint density at radius 2 is 1.83 bits per heavy atom. The van der Waals surface area contributed by atoms with E-state index in [-0.39, 0.29) is 12.0 Å². The number of ether oxygens (including phenoxy) is 1. The predicted molar refractivity (Wildman–Crippen MR) is 76.8 cm³/mol. The van der Waals surface area contributed by atoms with Crippen LogP contribution in [0.5, 0.6) is 5.75 Å². The van der Waals surface area contributed by atoms with Gasteiger partial charge in [0.05, 0.1) is 6.10 Å². The van der Waals surface area contributed by atoms with E-state index in [4.69, 9.17) is 10.5 Å². The maximum atomic E-state index is 12.0. The first kappa shape index (κ1) is 14.6. The monoisotopic (exact) mass is 271 g/mol. The highest BCUT2D eigenvalue weighted by Gasteiger charge is 2.24. The van der Waals surface area contributed by atoms with Crippen LogP contribution in [0.25, 0.3) is 0 Å². The molecule has 1 amide bonds. The number of thiophene rings is 1. The second-order valence-corrected chi connectivity index (χ2v) is 5.74. The quantitative estimate of drug-likeness (QED) is 0.908. The van der Waals surface area contributed by atoms with E-state index in [1.165, 1.54) is 16.2 Å². The van der Waals surface area contributed by atoms with Gasteiger partial charge in [-0.05, 0) is 13.8 Å². The molecule has 0 saturated carbocycles. The third kappa shape index (κ3) is 2.87. The molecule has 18 heavy (non-hydrogen) atoms. The predicted octanol–water partition coefficient (Wildman–Crippen LogP) is 1.89. The van der Waals surface area contributed by atoms with Gasteiger partial charge in [0, 0.05) is 28.2 Å². The van der Waals surface area contributed by atoms with Crippen LogP contribution >= 0.6 is 11.3 Å². The second kappa shape index (κ2) is 5.48. The molecule has 0 radical (unpaired) electrons. The largest absolute Gasteiger partial charge is 0.486 e. The molecule has 0 unspecified atom stereocenters. The minimum atomic E-state index is -0.0980. The number of nitrogen functional groups attached to an aromatic ring is 1. The highest BCUT2D eigenvalue weighted by molar-refractivity contribution is 7.19. The minimum Gasteiger partial charge on any atom is -0.486 e. The summed E-state index contributed by atoms with van der Waals surface area (Å²) in [5, 5.41) is 0.867.